The third-order valence-corrected chi connectivity index (χ3v) is 11.9. The van der Waals surface area contributed by atoms with Gasteiger partial charge in [0.05, 0.1) is 74.4 Å². The monoisotopic (exact) mass is 854 g/mol. The fourth-order valence-electron chi connectivity index (χ4n) is 8.76. The number of nitriles is 3. The summed E-state index contributed by atoms with van der Waals surface area (Å²) < 4.78 is 2.22. The zero-order valence-corrected chi connectivity index (χ0v) is 35.7. The van der Waals surface area contributed by atoms with Crippen molar-refractivity contribution in [3.8, 4) is 103 Å². The predicted molar refractivity (Wildman–Crippen MR) is 264 cm³/mol. The number of fused-ring (bicyclic) bond motifs is 3. The Morgan fingerprint density at radius 2 is 0.761 bits per heavy atom. The molecule has 67 heavy (non-hydrogen) atoms. The van der Waals surface area contributed by atoms with Gasteiger partial charge in [0, 0.05) is 44.2 Å². The number of hydrogen-bond acceptors (Lipinski definition) is 7. The van der Waals surface area contributed by atoms with Crippen LogP contribution in [-0.2, 0) is 0 Å². The van der Waals surface area contributed by atoms with Crippen LogP contribution in [0.2, 0.25) is 0 Å². The molecule has 0 aliphatic heterocycles. The SMILES string of the molecule is N#Cc1cc(C#N)cc(-c2ccc3c(c2)c2ccccc2n3-c2c(-c3cc(-c4ccccc4)nc(-c4ccccc4)n3)cc(C#N)cc2-c2nc(-c3ccccc3)cc(-c3ccccc3)n2)c1. The molecular weight excluding hydrogens is 821 g/mol. The van der Waals surface area contributed by atoms with Gasteiger partial charge in [-0.3, -0.25) is 0 Å². The van der Waals surface area contributed by atoms with Crippen molar-refractivity contribution in [1.82, 2.24) is 24.5 Å². The summed E-state index contributed by atoms with van der Waals surface area (Å²) in [6, 6.07) is 74.3. The maximum Gasteiger partial charge on any atom is 0.162 e. The van der Waals surface area contributed by atoms with Crippen molar-refractivity contribution in [3.63, 3.8) is 0 Å². The molecule has 0 N–H and O–H groups in total. The van der Waals surface area contributed by atoms with Crippen molar-refractivity contribution >= 4 is 21.8 Å². The lowest BCUT2D eigenvalue weighted by Gasteiger charge is -2.20. The van der Waals surface area contributed by atoms with Crippen LogP contribution < -0.4 is 0 Å². The van der Waals surface area contributed by atoms with E-state index in [2.05, 4.69) is 47.0 Å². The standard InChI is InChI=1S/C59H34N8/c60-35-38-27-39(36-61)29-46(28-38)45-25-26-56-48(32-45)47-23-13-14-24-55(47)67(56)57-49(54-34-53(43-19-9-3-10-20-43)63-58(66-54)44-21-11-4-12-22-44)30-40(37-62)31-50(57)59-64-51(41-15-5-1-6-16-41)33-52(65-59)42-17-7-2-8-18-42/h1-34H. The maximum atomic E-state index is 10.9. The van der Waals surface area contributed by atoms with Crippen LogP contribution in [0.15, 0.2) is 206 Å². The molecule has 0 amide bonds. The number of para-hydroxylation sites is 1. The molecule has 0 atom stereocenters. The minimum Gasteiger partial charge on any atom is -0.308 e. The second kappa shape index (κ2) is 17.1. The van der Waals surface area contributed by atoms with Crippen LogP contribution in [0.5, 0.6) is 0 Å². The number of benzene rings is 8. The molecule has 0 bridgehead atoms. The first kappa shape index (κ1) is 40.0. The Bertz CT molecular complexity index is 3530. The van der Waals surface area contributed by atoms with Crippen LogP contribution in [0.25, 0.3) is 106 Å². The fourth-order valence-corrected chi connectivity index (χ4v) is 8.76. The van der Waals surface area contributed by atoms with Gasteiger partial charge in [0.1, 0.15) is 0 Å². The smallest absolute Gasteiger partial charge is 0.162 e. The molecule has 0 aliphatic carbocycles. The molecule has 0 unspecified atom stereocenters. The van der Waals surface area contributed by atoms with Gasteiger partial charge in [-0.2, -0.15) is 15.8 Å². The van der Waals surface area contributed by atoms with Crippen LogP contribution in [0, 0.1) is 34.0 Å². The first-order chi connectivity index (χ1) is 33.0. The summed E-state index contributed by atoms with van der Waals surface area (Å²) in [7, 11) is 0. The van der Waals surface area contributed by atoms with Gasteiger partial charge >= 0.3 is 0 Å². The van der Waals surface area contributed by atoms with Gasteiger partial charge in [-0.15, -0.1) is 0 Å². The van der Waals surface area contributed by atoms with Gasteiger partial charge in [0.2, 0.25) is 0 Å². The van der Waals surface area contributed by atoms with E-state index in [1.807, 2.05) is 176 Å². The lowest BCUT2D eigenvalue weighted by Crippen LogP contribution is -2.06. The van der Waals surface area contributed by atoms with E-state index in [-0.39, 0.29) is 0 Å². The van der Waals surface area contributed by atoms with Crippen molar-refractivity contribution in [2.75, 3.05) is 0 Å². The molecule has 0 saturated carbocycles. The zero-order valence-electron chi connectivity index (χ0n) is 35.7. The predicted octanol–water partition coefficient (Wildman–Crippen LogP) is 13.6. The van der Waals surface area contributed by atoms with Crippen molar-refractivity contribution in [3.05, 3.63) is 223 Å². The summed E-state index contributed by atoms with van der Waals surface area (Å²) in [5, 5.41) is 32.6. The second-order valence-corrected chi connectivity index (χ2v) is 16.0. The first-order valence-corrected chi connectivity index (χ1v) is 21.6. The Kier molecular flexibility index (Phi) is 10.2. The molecule has 0 spiro atoms. The highest BCUT2D eigenvalue weighted by atomic mass is 15.0. The number of aromatic nitrogens is 5. The van der Waals surface area contributed by atoms with E-state index in [0.717, 1.165) is 78.0 Å². The van der Waals surface area contributed by atoms with Crippen LogP contribution in [-0.4, -0.2) is 24.5 Å². The van der Waals surface area contributed by atoms with E-state index in [1.54, 1.807) is 6.07 Å². The van der Waals surface area contributed by atoms with Crippen LogP contribution >= 0.6 is 0 Å². The third kappa shape index (κ3) is 7.51. The summed E-state index contributed by atoms with van der Waals surface area (Å²) in [4.78, 5) is 21.1. The summed E-state index contributed by atoms with van der Waals surface area (Å²) in [5.41, 5.74) is 13.0. The highest BCUT2D eigenvalue weighted by molar-refractivity contribution is 6.12. The lowest BCUT2D eigenvalue weighted by molar-refractivity contribution is 1.13. The van der Waals surface area contributed by atoms with E-state index in [9.17, 15) is 15.8 Å². The van der Waals surface area contributed by atoms with Gasteiger partial charge < -0.3 is 4.57 Å². The van der Waals surface area contributed by atoms with Gasteiger partial charge in [0.15, 0.2) is 11.6 Å². The Labute approximate surface area is 386 Å². The first-order valence-electron chi connectivity index (χ1n) is 21.6. The van der Waals surface area contributed by atoms with E-state index >= 15 is 0 Å². The molecule has 11 aromatic rings. The Morgan fingerprint density at radius 1 is 0.313 bits per heavy atom. The highest BCUT2D eigenvalue weighted by Crippen LogP contribution is 2.43. The maximum absolute atomic E-state index is 10.9. The van der Waals surface area contributed by atoms with E-state index in [1.165, 1.54) is 0 Å². The van der Waals surface area contributed by atoms with E-state index < -0.39 is 0 Å². The summed E-state index contributed by atoms with van der Waals surface area (Å²) in [6.45, 7) is 0. The Balaban J connectivity index is 1.27. The number of rotatable bonds is 8. The van der Waals surface area contributed by atoms with Crippen LogP contribution in [0.1, 0.15) is 16.7 Å². The van der Waals surface area contributed by atoms with E-state index in [4.69, 9.17) is 19.9 Å². The zero-order chi connectivity index (χ0) is 45.3. The number of hydrogen-bond donors (Lipinski definition) is 0. The van der Waals surface area contributed by atoms with E-state index in [0.29, 0.717) is 45.2 Å². The van der Waals surface area contributed by atoms with Gasteiger partial charge in [-0.1, -0.05) is 146 Å². The van der Waals surface area contributed by atoms with Crippen molar-refractivity contribution < 1.29 is 0 Å². The molecule has 8 nitrogen and oxygen atoms in total. The third-order valence-electron chi connectivity index (χ3n) is 11.9. The van der Waals surface area contributed by atoms with Crippen molar-refractivity contribution in [2.45, 2.75) is 0 Å². The number of nitrogens with zero attached hydrogens (tertiary/aromatic N) is 8. The molecule has 8 heteroatoms. The van der Waals surface area contributed by atoms with Gasteiger partial charge in [-0.05, 0) is 71.8 Å². The summed E-state index contributed by atoms with van der Waals surface area (Å²) >= 11 is 0. The molecule has 0 fully saturated rings. The molecule has 3 aromatic heterocycles. The molecule has 8 aromatic carbocycles. The summed E-state index contributed by atoms with van der Waals surface area (Å²) in [5.74, 6) is 0.956. The average Bonchev–Trinajstić information content (AvgIpc) is 3.74. The van der Waals surface area contributed by atoms with Crippen LogP contribution in [0.4, 0.5) is 0 Å². The quantitative estimate of drug-likeness (QED) is 0.149. The molecule has 0 aliphatic rings. The topological polar surface area (TPSA) is 128 Å². The molecule has 0 radical (unpaired) electrons. The van der Waals surface area contributed by atoms with Gasteiger partial charge in [0.25, 0.3) is 0 Å². The largest absolute Gasteiger partial charge is 0.308 e. The lowest BCUT2D eigenvalue weighted by atomic mass is 9.97. The van der Waals surface area contributed by atoms with Crippen molar-refractivity contribution in [2.24, 2.45) is 0 Å². The highest BCUT2D eigenvalue weighted by Gasteiger charge is 2.25. The normalized spacial score (nSPS) is 10.9. The molecule has 11 rings (SSSR count). The second-order valence-electron chi connectivity index (χ2n) is 16.0. The van der Waals surface area contributed by atoms with Crippen molar-refractivity contribution in [1.29, 1.82) is 15.8 Å². The average molecular weight is 855 g/mol. The Morgan fingerprint density at radius 3 is 1.33 bits per heavy atom. The minimum absolute atomic E-state index is 0.401. The van der Waals surface area contributed by atoms with Gasteiger partial charge in [-0.25, -0.2) is 19.9 Å². The Hall–Kier alpha value is -9.81. The molecular formula is C59H34N8. The van der Waals surface area contributed by atoms with Crippen LogP contribution in [0.3, 0.4) is 0 Å². The molecule has 310 valence electrons. The summed E-state index contributed by atoms with van der Waals surface area (Å²) in [6.07, 6.45) is 0. The fraction of sp³-hybridized carbons (Fsp3) is 0. The molecule has 3 heterocycles. The minimum atomic E-state index is 0.401. The molecule has 0 saturated heterocycles.